The molecule has 0 unspecified atom stereocenters. The van der Waals surface area contributed by atoms with Gasteiger partial charge in [-0.05, 0) is 23.6 Å². The second-order valence-corrected chi connectivity index (χ2v) is 10.0. The zero-order valence-electron chi connectivity index (χ0n) is 19.3. The number of nitro groups is 1. The zero-order chi connectivity index (χ0) is 24.5. The standard InChI is InChI=1S/C25H24N4O5/c1-13-9-10-15(29(33)34)11-17(13)27-23(31)18-19(24(27)32)21(22(30)25(2,3)4)28-20(18)16-8-6-5-7-14(16)12-26-28/h5-12,18-21H,1-4H3/t18-,19+,20+,21+/m0/s1. The van der Waals surface area contributed by atoms with E-state index in [1.54, 1.807) is 38.9 Å². The Kier molecular flexibility index (Phi) is 4.72. The minimum absolute atomic E-state index is 0.180. The van der Waals surface area contributed by atoms with Gasteiger partial charge in [0.2, 0.25) is 11.8 Å². The number of ketones is 1. The molecule has 34 heavy (non-hydrogen) atoms. The highest BCUT2D eigenvalue weighted by Crippen LogP contribution is 2.54. The van der Waals surface area contributed by atoms with Crippen molar-refractivity contribution in [1.29, 1.82) is 0 Å². The SMILES string of the molecule is Cc1ccc([N+](=O)[O-])cc1N1C(=O)[C@@H]2[C@H](C1=O)[C@H]1c3ccccc3C=NN1[C@H]2C(=O)C(C)(C)C. The number of nitro benzene ring substituents is 1. The molecule has 0 radical (unpaired) electrons. The van der Waals surface area contributed by atoms with Crippen LogP contribution in [-0.2, 0) is 14.4 Å². The number of nitrogens with zero attached hydrogens (tertiary/aromatic N) is 4. The Balaban J connectivity index is 1.68. The number of fused-ring (bicyclic) bond motifs is 5. The third kappa shape index (κ3) is 2.99. The number of rotatable bonds is 3. The minimum Gasteiger partial charge on any atom is -0.297 e. The number of benzene rings is 2. The number of hydrogen-bond acceptors (Lipinski definition) is 7. The first-order valence-electron chi connectivity index (χ1n) is 11.1. The topological polar surface area (TPSA) is 113 Å². The lowest BCUT2D eigenvalue weighted by Gasteiger charge is -2.35. The van der Waals surface area contributed by atoms with Gasteiger partial charge >= 0.3 is 0 Å². The molecule has 0 bridgehead atoms. The third-order valence-corrected chi connectivity index (χ3v) is 6.95. The molecule has 2 aromatic rings. The van der Waals surface area contributed by atoms with Crippen LogP contribution >= 0.6 is 0 Å². The fourth-order valence-electron chi connectivity index (χ4n) is 5.30. The summed E-state index contributed by atoms with van der Waals surface area (Å²) >= 11 is 0. The first-order valence-corrected chi connectivity index (χ1v) is 11.1. The van der Waals surface area contributed by atoms with Gasteiger partial charge in [-0.3, -0.25) is 29.5 Å². The number of anilines is 1. The van der Waals surface area contributed by atoms with Gasteiger partial charge in [0.15, 0.2) is 5.78 Å². The third-order valence-electron chi connectivity index (χ3n) is 6.95. The van der Waals surface area contributed by atoms with Crippen LogP contribution in [-0.4, -0.2) is 39.8 Å². The number of aryl methyl sites for hydroxylation is 1. The lowest BCUT2D eigenvalue weighted by molar-refractivity contribution is -0.384. The number of carbonyl (C=O) groups is 3. The van der Waals surface area contributed by atoms with Crippen molar-refractivity contribution >= 4 is 35.2 Å². The van der Waals surface area contributed by atoms with Crippen LogP contribution < -0.4 is 4.90 Å². The molecule has 2 fully saturated rings. The van der Waals surface area contributed by atoms with Crippen molar-refractivity contribution in [3.63, 3.8) is 0 Å². The highest BCUT2D eigenvalue weighted by Gasteiger charge is 2.66. The van der Waals surface area contributed by atoms with Gasteiger partial charge in [-0.1, -0.05) is 51.1 Å². The Morgan fingerprint density at radius 2 is 1.74 bits per heavy atom. The predicted molar refractivity (Wildman–Crippen MR) is 124 cm³/mol. The molecule has 0 aliphatic carbocycles. The summed E-state index contributed by atoms with van der Waals surface area (Å²) in [6.45, 7) is 7.03. The average Bonchev–Trinajstić information content (AvgIpc) is 3.25. The highest BCUT2D eigenvalue weighted by atomic mass is 16.6. The lowest BCUT2D eigenvalue weighted by Crippen LogP contribution is -2.48. The smallest absolute Gasteiger partial charge is 0.271 e. The van der Waals surface area contributed by atoms with Gasteiger partial charge in [-0.15, -0.1) is 0 Å². The van der Waals surface area contributed by atoms with Gasteiger partial charge in [-0.2, -0.15) is 5.10 Å². The normalized spacial score (nSPS) is 25.3. The summed E-state index contributed by atoms with van der Waals surface area (Å²) in [6.07, 6.45) is 1.66. The maximum absolute atomic E-state index is 13.9. The first-order chi connectivity index (χ1) is 16.0. The molecule has 3 aliphatic rings. The van der Waals surface area contributed by atoms with Gasteiger partial charge in [-0.25, -0.2) is 4.90 Å². The fraction of sp³-hybridized carbons (Fsp3) is 0.360. The molecule has 0 spiro atoms. The molecule has 4 atom stereocenters. The number of hydrogen-bond donors (Lipinski definition) is 0. The van der Waals surface area contributed by atoms with E-state index in [0.29, 0.717) is 5.56 Å². The van der Waals surface area contributed by atoms with E-state index in [1.807, 2.05) is 24.3 Å². The van der Waals surface area contributed by atoms with Gasteiger partial charge in [0.25, 0.3) is 5.69 Å². The van der Waals surface area contributed by atoms with Crippen LogP contribution in [0.4, 0.5) is 11.4 Å². The van der Waals surface area contributed by atoms with Crippen molar-refractivity contribution < 1.29 is 19.3 Å². The Morgan fingerprint density at radius 1 is 1.06 bits per heavy atom. The number of hydrazone groups is 1. The summed E-state index contributed by atoms with van der Waals surface area (Å²) in [4.78, 5) is 53.1. The maximum Gasteiger partial charge on any atom is 0.271 e. The summed E-state index contributed by atoms with van der Waals surface area (Å²) in [5, 5.41) is 17.5. The van der Waals surface area contributed by atoms with Gasteiger partial charge in [0, 0.05) is 17.5 Å². The average molecular weight is 460 g/mol. The Morgan fingerprint density at radius 3 is 2.41 bits per heavy atom. The van der Waals surface area contributed by atoms with Gasteiger partial charge in [0.1, 0.15) is 6.04 Å². The van der Waals surface area contributed by atoms with E-state index in [2.05, 4.69) is 5.10 Å². The van der Waals surface area contributed by atoms with Crippen molar-refractivity contribution in [2.75, 3.05) is 4.90 Å². The van der Waals surface area contributed by atoms with E-state index in [4.69, 9.17) is 0 Å². The summed E-state index contributed by atoms with van der Waals surface area (Å²) in [6, 6.07) is 10.1. The second kappa shape index (κ2) is 7.31. The molecule has 9 nitrogen and oxygen atoms in total. The van der Waals surface area contributed by atoms with Crippen LogP contribution in [0.3, 0.4) is 0 Å². The van der Waals surface area contributed by atoms with Crippen molar-refractivity contribution in [3.05, 3.63) is 69.3 Å². The lowest BCUT2D eigenvalue weighted by atomic mass is 9.79. The number of non-ortho nitro benzene ring substituents is 1. The maximum atomic E-state index is 13.9. The number of Topliss-reactive ketones (excluding diaryl/α,β-unsaturated/α-hetero) is 1. The molecule has 2 saturated heterocycles. The molecule has 0 saturated carbocycles. The number of carbonyl (C=O) groups excluding carboxylic acids is 3. The molecule has 3 aliphatic heterocycles. The molecule has 2 amide bonds. The summed E-state index contributed by atoms with van der Waals surface area (Å²) in [7, 11) is 0. The molecule has 9 heteroatoms. The molecule has 0 aromatic heterocycles. The Bertz CT molecular complexity index is 1290. The summed E-state index contributed by atoms with van der Waals surface area (Å²) in [5.41, 5.74) is 1.42. The quantitative estimate of drug-likeness (QED) is 0.394. The largest absolute Gasteiger partial charge is 0.297 e. The Labute approximate surface area is 196 Å². The molecule has 3 heterocycles. The van der Waals surface area contributed by atoms with Crippen molar-refractivity contribution in [1.82, 2.24) is 5.01 Å². The Hall–Kier alpha value is -3.88. The van der Waals surface area contributed by atoms with E-state index in [-0.39, 0.29) is 17.2 Å². The van der Waals surface area contributed by atoms with E-state index >= 15 is 0 Å². The van der Waals surface area contributed by atoms with E-state index < -0.39 is 46.1 Å². The van der Waals surface area contributed by atoms with Gasteiger partial charge in [0.05, 0.1) is 34.7 Å². The molecule has 5 rings (SSSR count). The number of amides is 2. The van der Waals surface area contributed by atoms with Crippen LogP contribution in [0.15, 0.2) is 47.6 Å². The molecular weight excluding hydrogens is 436 g/mol. The molecule has 174 valence electrons. The van der Waals surface area contributed by atoms with Crippen molar-refractivity contribution in [2.45, 2.75) is 39.8 Å². The highest BCUT2D eigenvalue weighted by molar-refractivity contribution is 6.24. The van der Waals surface area contributed by atoms with Crippen LogP contribution in [0.1, 0.15) is 43.5 Å². The molecule has 2 aromatic carbocycles. The first kappa shape index (κ1) is 21.9. The molecular formula is C25H24N4O5. The summed E-state index contributed by atoms with van der Waals surface area (Å²) < 4.78 is 0. The fourth-order valence-corrected chi connectivity index (χ4v) is 5.30. The summed E-state index contributed by atoms with van der Waals surface area (Å²) in [5.74, 6) is -2.94. The van der Waals surface area contributed by atoms with Gasteiger partial charge < -0.3 is 0 Å². The van der Waals surface area contributed by atoms with Crippen molar-refractivity contribution in [2.24, 2.45) is 22.4 Å². The molecule has 0 N–H and O–H groups in total. The zero-order valence-corrected chi connectivity index (χ0v) is 19.3. The number of imide groups is 1. The van der Waals surface area contributed by atoms with Crippen LogP contribution in [0.25, 0.3) is 0 Å². The monoisotopic (exact) mass is 460 g/mol. The van der Waals surface area contributed by atoms with Crippen LogP contribution in [0, 0.1) is 34.3 Å². The van der Waals surface area contributed by atoms with E-state index in [9.17, 15) is 24.5 Å². The minimum atomic E-state index is -0.939. The van der Waals surface area contributed by atoms with Crippen LogP contribution in [0.2, 0.25) is 0 Å². The van der Waals surface area contributed by atoms with E-state index in [1.165, 1.54) is 18.2 Å². The predicted octanol–water partition coefficient (Wildman–Crippen LogP) is 3.40. The second-order valence-electron chi connectivity index (χ2n) is 10.0. The van der Waals surface area contributed by atoms with Crippen molar-refractivity contribution in [3.8, 4) is 0 Å². The van der Waals surface area contributed by atoms with E-state index in [0.717, 1.165) is 16.0 Å². The van der Waals surface area contributed by atoms with Crippen LogP contribution in [0.5, 0.6) is 0 Å².